The van der Waals surface area contributed by atoms with Crippen molar-refractivity contribution in [2.24, 2.45) is 0 Å². The van der Waals surface area contributed by atoms with E-state index in [0.29, 0.717) is 60.5 Å². The zero-order chi connectivity index (χ0) is 26.0. The fourth-order valence-electron chi connectivity index (χ4n) is 4.74. The van der Waals surface area contributed by atoms with Crippen molar-refractivity contribution in [2.45, 2.75) is 41.9 Å². The molecule has 1 atom stereocenters. The lowest BCUT2D eigenvalue weighted by Gasteiger charge is -2.36. The lowest BCUT2D eigenvalue weighted by Crippen LogP contribution is -2.45. The fraction of sp³-hybridized carbons (Fsp3) is 0.370. The maximum atomic E-state index is 13.8. The van der Waals surface area contributed by atoms with Crippen molar-refractivity contribution in [1.82, 2.24) is 15.3 Å². The van der Waals surface area contributed by atoms with Gasteiger partial charge in [0.25, 0.3) is 0 Å². The summed E-state index contributed by atoms with van der Waals surface area (Å²) in [6.45, 7) is 3.95. The van der Waals surface area contributed by atoms with Crippen molar-refractivity contribution in [2.75, 3.05) is 37.0 Å². The topological polar surface area (TPSA) is 114 Å². The summed E-state index contributed by atoms with van der Waals surface area (Å²) < 4.78 is 32.2. The number of hydrogen-bond donors (Lipinski definition) is 2. The predicted octanol–water partition coefficient (Wildman–Crippen LogP) is 3.97. The van der Waals surface area contributed by atoms with Crippen LogP contribution in [0, 0.1) is 0 Å². The standard InChI is InChI=1S/C27H31N5O4S/c1-3-21-18-36-16-15-32(21)24-17-23(27(13-14-27)37(34,35)22-7-5-4-6-8-22)30-25(31-24)19-9-11-20(12-10-19)29-26(33)28-2/h4-12,17,21H,3,13-16,18H2,1-2H3,(H2,28,29,33)/t21-/m0/s1. The predicted molar refractivity (Wildman–Crippen MR) is 142 cm³/mol. The van der Waals surface area contributed by atoms with Gasteiger partial charge in [-0.2, -0.15) is 0 Å². The monoisotopic (exact) mass is 521 g/mol. The van der Waals surface area contributed by atoms with Crippen LogP contribution in [0.1, 0.15) is 31.9 Å². The van der Waals surface area contributed by atoms with E-state index in [2.05, 4.69) is 22.5 Å². The van der Waals surface area contributed by atoms with Gasteiger partial charge in [-0.15, -0.1) is 0 Å². The van der Waals surface area contributed by atoms with E-state index in [1.54, 1.807) is 43.4 Å². The number of carbonyl (C=O) groups is 1. The van der Waals surface area contributed by atoms with E-state index < -0.39 is 14.6 Å². The zero-order valence-electron chi connectivity index (χ0n) is 21.0. The molecule has 2 aliphatic rings. The third kappa shape index (κ3) is 4.78. The van der Waals surface area contributed by atoms with Gasteiger partial charge in [0, 0.05) is 30.9 Å². The molecule has 1 saturated heterocycles. The van der Waals surface area contributed by atoms with Gasteiger partial charge in [0.15, 0.2) is 15.7 Å². The molecule has 10 heteroatoms. The maximum absolute atomic E-state index is 13.8. The van der Waals surface area contributed by atoms with Crippen molar-refractivity contribution in [3.8, 4) is 11.4 Å². The second-order valence-corrected chi connectivity index (χ2v) is 11.6. The Morgan fingerprint density at radius 3 is 2.49 bits per heavy atom. The molecule has 2 heterocycles. The van der Waals surface area contributed by atoms with Gasteiger partial charge in [0.1, 0.15) is 10.6 Å². The first-order valence-corrected chi connectivity index (χ1v) is 14.0. The highest BCUT2D eigenvalue weighted by molar-refractivity contribution is 7.92. The van der Waals surface area contributed by atoms with E-state index in [9.17, 15) is 13.2 Å². The number of ether oxygens (including phenoxy) is 1. The van der Waals surface area contributed by atoms with E-state index >= 15 is 0 Å². The van der Waals surface area contributed by atoms with Crippen LogP contribution >= 0.6 is 0 Å². The van der Waals surface area contributed by atoms with Crippen LogP contribution in [0.2, 0.25) is 0 Å². The van der Waals surface area contributed by atoms with Gasteiger partial charge >= 0.3 is 6.03 Å². The molecule has 9 nitrogen and oxygen atoms in total. The maximum Gasteiger partial charge on any atom is 0.318 e. The van der Waals surface area contributed by atoms with Gasteiger partial charge in [0.05, 0.1) is 29.8 Å². The normalized spacial score (nSPS) is 18.8. The Morgan fingerprint density at radius 1 is 1.11 bits per heavy atom. The molecule has 3 aromatic rings. The van der Waals surface area contributed by atoms with Gasteiger partial charge in [-0.25, -0.2) is 23.2 Å². The summed E-state index contributed by atoms with van der Waals surface area (Å²) >= 11 is 0. The number of carbonyl (C=O) groups excluding carboxylic acids is 1. The summed E-state index contributed by atoms with van der Waals surface area (Å²) in [6.07, 6.45) is 1.90. The van der Waals surface area contributed by atoms with E-state index in [4.69, 9.17) is 14.7 Å². The lowest BCUT2D eigenvalue weighted by molar-refractivity contribution is 0.0925. The van der Waals surface area contributed by atoms with Crippen molar-refractivity contribution < 1.29 is 17.9 Å². The minimum absolute atomic E-state index is 0.143. The zero-order valence-corrected chi connectivity index (χ0v) is 21.8. The highest BCUT2D eigenvalue weighted by Gasteiger charge is 2.58. The number of benzene rings is 2. The Bertz CT molecular complexity index is 1380. The molecule has 37 heavy (non-hydrogen) atoms. The Labute approximate surface area is 217 Å². The Hall–Kier alpha value is -3.50. The number of urea groups is 1. The highest BCUT2D eigenvalue weighted by atomic mass is 32.2. The number of nitrogens with one attached hydrogen (secondary N) is 2. The molecule has 1 saturated carbocycles. The van der Waals surface area contributed by atoms with E-state index in [0.717, 1.165) is 12.0 Å². The van der Waals surface area contributed by atoms with Crippen LogP contribution in [-0.2, 0) is 19.3 Å². The molecule has 0 bridgehead atoms. The number of nitrogens with zero attached hydrogens (tertiary/aromatic N) is 3. The summed E-state index contributed by atoms with van der Waals surface area (Å²) in [4.78, 5) is 23.9. The summed E-state index contributed by atoms with van der Waals surface area (Å²) in [7, 11) is -2.10. The number of amides is 2. The number of aromatic nitrogens is 2. The SMILES string of the molecule is CC[C@H]1COCCN1c1cc(C2(S(=O)(=O)c3ccccc3)CC2)nc(-c2ccc(NC(=O)NC)cc2)n1. The molecular weight excluding hydrogens is 490 g/mol. The first kappa shape index (κ1) is 25.2. The van der Waals surface area contributed by atoms with Crippen LogP contribution in [-0.4, -0.2) is 57.3 Å². The summed E-state index contributed by atoms with van der Waals surface area (Å²) in [5, 5.41) is 5.26. The largest absolute Gasteiger partial charge is 0.377 e. The average molecular weight is 522 g/mol. The van der Waals surface area contributed by atoms with Gasteiger partial charge < -0.3 is 20.3 Å². The van der Waals surface area contributed by atoms with E-state index in [1.807, 2.05) is 24.3 Å². The second kappa shape index (κ2) is 10.1. The Morgan fingerprint density at radius 2 is 1.84 bits per heavy atom. The molecule has 0 radical (unpaired) electrons. The molecule has 0 unspecified atom stereocenters. The van der Waals surface area contributed by atoms with Gasteiger partial charge in [-0.1, -0.05) is 25.1 Å². The van der Waals surface area contributed by atoms with Crippen LogP contribution in [0.5, 0.6) is 0 Å². The number of anilines is 2. The third-order valence-corrected chi connectivity index (χ3v) is 9.61. The average Bonchev–Trinajstić information content (AvgIpc) is 3.76. The van der Waals surface area contributed by atoms with E-state index in [1.165, 1.54) is 0 Å². The molecule has 0 spiro atoms. The minimum atomic E-state index is -3.66. The van der Waals surface area contributed by atoms with Crippen LogP contribution in [0.3, 0.4) is 0 Å². The minimum Gasteiger partial charge on any atom is -0.377 e. The summed E-state index contributed by atoms with van der Waals surface area (Å²) in [5.74, 6) is 1.16. The molecule has 2 aromatic carbocycles. The molecule has 1 aromatic heterocycles. The van der Waals surface area contributed by atoms with E-state index in [-0.39, 0.29) is 12.1 Å². The van der Waals surface area contributed by atoms with Crippen molar-refractivity contribution in [3.05, 3.63) is 66.4 Å². The van der Waals surface area contributed by atoms with Crippen molar-refractivity contribution >= 4 is 27.4 Å². The lowest BCUT2D eigenvalue weighted by atomic mass is 10.1. The number of rotatable bonds is 7. The number of hydrogen-bond acceptors (Lipinski definition) is 7. The van der Waals surface area contributed by atoms with Crippen molar-refractivity contribution in [1.29, 1.82) is 0 Å². The van der Waals surface area contributed by atoms with Crippen LogP contribution in [0.4, 0.5) is 16.3 Å². The quantitative estimate of drug-likeness (QED) is 0.484. The Balaban J connectivity index is 1.60. The molecule has 1 aliphatic carbocycles. The second-order valence-electron chi connectivity index (χ2n) is 9.36. The van der Waals surface area contributed by atoms with Crippen LogP contribution in [0.25, 0.3) is 11.4 Å². The first-order valence-electron chi connectivity index (χ1n) is 12.5. The molecule has 2 N–H and O–H groups in total. The number of sulfone groups is 1. The fourth-order valence-corrected chi connectivity index (χ4v) is 6.72. The molecule has 5 rings (SSSR count). The first-order chi connectivity index (χ1) is 17.9. The smallest absolute Gasteiger partial charge is 0.318 e. The summed E-state index contributed by atoms with van der Waals surface area (Å²) in [6, 6.07) is 17.5. The number of morpholine rings is 1. The molecule has 2 amide bonds. The molecule has 1 aliphatic heterocycles. The molecule has 2 fully saturated rings. The molecule has 194 valence electrons. The third-order valence-electron chi connectivity index (χ3n) is 7.07. The highest BCUT2D eigenvalue weighted by Crippen LogP contribution is 2.55. The van der Waals surface area contributed by atoms with Crippen LogP contribution in [0.15, 0.2) is 65.6 Å². The summed E-state index contributed by atoms with van der Waals surface area (Å²) in [5.41, 5.74) is 1.88. The molecular formula is C27H31N5O4S. The van der Waals surface area contributed by atoms with Crippen molar-refractivity contribution in [3.63, 3.8) is 0 Å². The van der Waals surface area contributed by atoms with Crippen LogP contribution < -0.4 is 15.5 Å². The Kier molecular flexibility index (Phi) is 6.87. The van der Waals surface area contributed by atoms with Gasteiger partial charge in [-0.05, 0) is 55.7 Å². The van der Waals surface area contributed by atoms with Gasteiger partial charge in [-0.3, -0.25) is 0 Å². The van der Waals surface area contributed by atoms with Gasteiger partial charge in [0.2, 0.25) is 0 Å².